The molecule has 0 aliphatic rings. The van der Waals surface area contributed by atoms with Crippen molar-refractivity contribution in [3.63, 3.8) is 0 Å². The highest BCUT2D eigenvalue weighted by Gasteiger charge is 2.02. The minimum Gasteiger partial charge on any atom is -0.374 e. The van der Waals surface area contributed by atoms with Crippen molar-refractivity contribution in [2.75, 3.05) is 6.54 Å². The number of hydrogen-bond acceptors (Lipinski definition) is 3. The maximum atomic E-state index is 5.68. The molecule has 2 N–H and O–H groups in total. The molecule has 5 heteroatoms. The predicted molar refractivity (Wildman–Crippen MR) is 107 cm³/mol. The third-order valence-corrected chi connectivity index (χ3v) is 4.57. The van der Waals surface area contributed by atoms with Gasteiger partial charge in [-0.2, -0.15) is 0 Å². The smallest absolute Gasteiger partial charge is 0.191 e. The van der Waals surface area contributed by atoms with Crippen LogP contribution in [-0.4, -0.2) is 18.6 Å². The number of guanidine groups is 1. The number of nitrogens with zero attached hydrogens (tertiary/aromatic N) is 1. The van der Waals surface area contributed by atoms with Crippen LogP contribution in [0.5, 0.6) is 0 Å². The van der Waals surface area contributed by atoms with Gasteiger partial charge in [0.05, 0.1) is 25.8 Å². The van der Waals surface area contributed by atoms with Gasteiger partial charge in [0.1, 0.15) is 0 Å². The Morgan fingerprint density at radius 2 is 1.96 bits per heavy atom. The van der Waals surface area contributed by atoms with Gasteiger partial charge in [-0.05, 0) is 51.0 Å². The summed E-state index contributed by atoms with van der Waals surface area (Å²) in [5.74, 6) is 0.845. The Hall–Kier alpha value is -1.85. The fraction of sp³-hybridized carbons (Fsp3) is 0.450. The second-order valence-corrected chi connectivity index (χ2v) is 7.61. The Balaban J connectivity index is 1.94. The molecule has 25 heavy (non-hydrogen) atoms. The standard InChI is InChI=1S/C20H29N3OS/c1-5-21-20(23-13-19-10-9-16(4)25-19)22-12-17-7-6-8-18(11-17)14-24-15(2)3/h6-11,15H,5,12-14H2,1-4H3,(H2,21,22,23). The van der Waals surface area contributed by atoms with E-state index in [1.807, 2.05) is 11.3 Å². The highest BCUT2D eigenvalue weighted by atomic mass is 32.1. The van der Waals surface area contributed by atoms with E-state index in [9.17, 15) is 0 Å². The zero-order valence-electron chi connectivity index (χ0n) is 15.6. The Morgan fingerprint density at radius 1 is 1.16 bits per heavy atom. The first-order chi connectivity index (χ1) is 12.1. The molecule has 1 aromatic carbocycles. The van der Waals surface area contributed by atoms with Crippen molar-refractivity contribution in [3.8, 4) is 0 Å². The van der Waals surface area contributed by atoms with Crippen molar-refractivity contribution in [2.45, 2.75) is 53.5 Å². The van der Waals surface area contributed by atoms with E-state index in [0.29, 0.717) is 13.2 Å². The van der Waals surface area contributed by atoms with Crippen molar-refractivity contribution >= 4 is 17.3 Å². The molecule has 0 aliphatic heterocycles. The zero-order chi connectivity index (χ0) is 18.1. The highest BCUT2D eigenvalue weighted by Crippen LogP contribution is 2.14. The number of rotatable bonds is 8. The summed E-state index contributed by atoms with van der Waals surface area (Å²) >= 11 is 1.81. The normalized spacial score (nSPS) is 11.8. The molecule has 1 heterocycles. The quantitative estimate of drug-likeness (QED) is 0.547. The van der Waals surface area contributed by atoms with Crippen molar-refractivity contribution in [1.29, 1.82) is 0 Å². The summed E-state index contributed by atoms with van der Waals surface area (Å²) in [5.41, 5.74) is 2.38. The number of hydrogen-bond donors (Lipinski definition) is 2. The molecule has 0 atom stereocenters. The average Bonchev–Trinajstić information content (AvgIpc) is 3.01. The third kappa shape index (κ3) is 7.28. The lowest BCUT2D eigenvalue weighted by molar-refractivity contribution is 0.0657. The van der Waals surface area contributed by atoms with E-state index < -0.39 is 0 Å². The van der Waals surface area contributed by atoms with Crippen molar-refractivity contribution in [1.82, 2.24) is 10.6 Å². The van der Waals surface area contributed by atoms with Crippen LogP contribution < -0.4 is 10.6 Å². The van der Waals surface area contributed by atoms with Crippen LogP contribution in [0.25, 0.3) is 0 Å². The lowest BCUT2D eigenvalue weighted by Crippen LogP contribution is -2.36. The topological polar surface area (TPSA) is 45.7 Å². The number of aryl methyl sites for hydroxylation is 1. The molecule has 0 saturated carbocycles. The van der Waals surface area contributed by atoms with Crippen LogP contribution in [0, 0.1) is 6.92 Å². The van der Waals surface area contributed by atoms with Gasteiger partial charge in [0.25, 0.3) is 0 Å². The minimum atomic E-state index is 0.243. The van der Waals surface area contributed by atoms with E-state index >= 15 is 0 Å². The molecule has 0 radical (unpaired) electrons. The van der Waals surface area contributed by atoms with Gasteiger partial charge in [-0.15, -0.1) is 11.3 Å². The van der Waals surface area contributed by atoms with Gasteiger partial charge in [-0.3, -0.25) is 0 Å². The van der Waals surface area contributed by atoms with Gasteiger partial charge >= 0.3 is 0 Å². The zero-order valence-corrected chi connectivity index (χ0v) is 16.5. The molecule has 136 valence electrons. The SMILES string of the molecule is CCNC(=NCc1cccc(COC(C)C)c1)NCc1ccc(C)s1. The van der Waals surface area contributed by atoms with Crippen LogP contribution >= 0.6 is 11.3 Å². The van der Waals surface area contributed by atoms with Crippen molar-refractivity contribution < 1.29 is 4.74 Å². The van der Waals surface area contributed by atoms with Gasteiger partial charge in [0.15, 0.2) is 5.96 Å². The fourth-order valence-corrected chi connectivity index (χ4v) is 3.17. The third-order valence-electron chi connectivity index (χ3n) is 3.56. The average molecular weight is 360 g/mol. The van der Waals surface area contributed by atoms with E-state index in [4.69, 9.17) is 9.73 Å². The maximum absolute atomic E-state index is 5.68. The molecule has 0 aliphatic carbocycles. The van der Waals surface area contributed by atoms with Crippen LogP contribution in [0.4, 0.5) is 0 Å². The Bertz CT molecular complexity index is 679. The van der Waals surface area contributed by atoms with Crippen molar-refractivity contribution in [3.05, 3.63) is 57.3 Å². The molecular weight excluding hydrogens is 330 g/mol. The summed E-state index contributed by atoms with van der Waals surface area (Å²) in [6, 6.07) is 12.7. The van der Waals surface area contributed by atoms with E-state index in [1.165, 1.54) is 20.9 Å². The lowest BCUT2D eigenvalue weighted by Gasteiger charge is -2.11. The monoisotopic (exact) mass is 359 g/mol. The van der Waals surface area contributed by atoms with Gasteiger partial charge in [-0.1, -0.05) is 24.3 Å². The first kappa shape index (κ1) is 19.5. The van der Waals surface area contributed by atoms with E-state index in [0.717, 1.165) is 19.0 Å². The molecule has 4 nitrogen and oxygen atoms in total. The second-order valence-electron chi connectivity index (χ2n) is 6.24. The van der Waals surface area contributed by atoms with Gasteiger partial charge < -0.3 is 15.4 Å². The summed E-state index contributed by atoms with van der Waals surface area (Å²) in [7, 11) is 0. The van der Waals surface area contributed by atoms with Gasteiger partial charge in [-0.25, -0.2) is 4.99 Å². The van der Waals surface area contributed by atoms with Crippen LogP contribution in [-0.2, 0) is 24.4 Å². The molecule has 0 amide bonds. The number of ether oxygens (including phenoxy) is 1. The fourth-order valence-electron chi connectivity index (χ4n) is 2.34. The Labute approximate surface area is 155 Å². The minimum absolute atomic E-state index is 0.243. The van der Waals surface area contributed by atoms with Crippen LogP contribution in [0.15, 0.2) is 41.4 Å². The molecule has 0 saturated heterocycles. The molecule has 2 rings (SSSR count). The number of thiophene rings is 1. The summed E-state index contributed by atoms with van der Waals surface area (Å²) in [4.78, 5) is 7.35. The molecule has 0 bridgehead atoms. The first-order valence-electron chi connectivity index (χ1n) is 8.83. The predicted octanol–water partition coefficient (Wildman–Crippen LogP) is 4.24. The largest absolute Gasteiger partial charge is 0.374 e. The molecule has 0 fully saturated rings. The molecule has 0 spiro atoms. The summed E-state index contributed by atoms with van der Waals surface area (Å²) in [6.07, 6.45) is 0.243. The Morgan fingerprint density at radius 3 is 2.64 bits per heavy atom. The number of benzene rings is 1. The summed E-state index contributed by atoms with van der Waals surface area (Å²) in [5, 5.41) is 6.70. The van der Waals surface area contributed by atoms with Crippen molar-refractivity contribution in [2.24, 2.45) is 4.99 Å². The first-order valence-corrected chi connectivity index (χ1v) is 9.65. The molecular formula is C20H29N3OS. The second kappa shape index (κ2) is 10.2. The summed E-state index contributed by atoms with van der Waals surface area (Å²) < 4.78 is 5.68. The Kier molecular flexibility index (Phi) is 7.95. The van der Waals surface area contributed by atoms with E-state index in [1.54, 1.807) is 0 Å². The highest BCUT2D eigenvalue weighted by molar-refractivity contribution is 7.11. The van der Waals surface area contributed by atoms with Gasteiger partial charge in [0, 0.05) is 16.3 Å². The van der Waals surface area contributed by atoms with Crippen LogP contribution in [0.2, 0.25) is 0 Å². The van der Waals surface area contributed by atoms with Crippen LogP contribution in [0.3, 0.4) is 0 Å². The summed E-state index contributed by atoms with van der Waals surface area (Å²) in [6.45, 7) is 11.2. The number of aliphatic imine (C=N–C) groups is 1. The van der Waals surface area contributed by atoms with E-state index in [-0.39, 0.29) is 6.10 Å². The maximum Gasteiger partial charge on any atom is 0.191 e. The van der Waals surface area contributed by atoms with Gasteiger partial charge in [0.2, 0.25) is 0 Å². The number of nitrogens with one attached hydrogen (secondary N) is 2. The van der Waals surface area contributed by atoms with Crippen LogP contribution in [0.1, 0.15) is 41.7 Å². The molecule has 1 aromatic heterocycles. The van der Waals surface area contributed by atoms with E-state index in [2.05, 4.69) is 74.7 Å². The molecule has 2 aromatic rings. The molecule has 0 unspecified atom stereocenters. The lowest BCUT2D eigenvalue weighted by atomic mass is 10.1.